The summed E-state index contributed by atoms with van der Waals surface area (Å²) in [6, 6.07) is 18.2. The highest BCUT2D eigenvalue weighted by atomic mass is 79.9. The lowest BCUT2D eigenvalue weighted by Gasteiger charge is -2.14. The van der Waals surface area contributed by atoms with Crippen molar-refractivity contribution in [2.75, 3.05) is 13.2 Å². The van der Waals surface area contributed by atoms with Crippen LogP contribution < -0.4 is 10.3 Å². The molecule has 1 N–H and O–H groups in total. The zero-order valence-corrected chi connectivity index (χ0v) is 20.7. The highest BCUT2D eigenvalue weighted by Gasteiger charge is 2.17. The Kier molecular flexibility index (Phi) is 6.68. The zero-order valence-electron chi connectivity index (χ0n) is 18.3. The van der Waals surface area contributed by atoms with Gasteiger partial charge >= 0.3 is 0 Å². The van der Waals surface area contributed by atoms with E-state index in [-0.39, 0.29) is 12.2 Å². The monoisotopic (exact) mass is 551 g/mol. The van der Waals surface area contributed by atoms with Crippen LogP contribution in [0.5, 0.6) is 5.75 Å². The van der Waals surface area contributed by atoms with Gasteiger partial charge in [0.1, 0.15) is 5.75 Å². The fourth-order valence-corrected chi connectivity index (χ4v) is 4.48. The molecule has 35 heavy (non-hydrogen) atoms. The minimum absolute atomic E-state index is 0.0260. The van der Waals surface area contributed by atoms with E-state index in [1.165, 1.54) is 11.1 Å². The van der Waals surface area contributed by atoms with E-state index in [2.05, 4.69) is 20.9 Å². The summed E-state index contributed by atoms with van der Waals surface area (Å²) in [4.78, 5) is 17.5. The van der Waals surface area contributed by atoms with Crippen LogP contribution >= 0.6 is 27.5 Å². The second-order valence-corrected chi connectivity index (χ2v) is 9.07. The Hall–Kier alpha value is -3.46. The number of aliphatic hydroxyl groups excluding tert-OH is 1. The van der Waals surface area contributed by atoms with Crippen molar-refractivity contribution in [2.24, 2.45) is 0 Å². The van der Waals surface area contributed by atoms with Crippen molar-refractivity contribution in [1.29, 1.82) is 0 Å². The van der Waals surface area contributed by atoms with Crippen LogP contribution in [-0.4, -0.2) is 33.1 Å². The van der Waals surface area contributed by atoms with Crippen LogP contribution in [0.15, 0.2) is 86.9 Å². The number of halogens is 2. The Balaban J connectivity index is 1.72. The fraction of sp³-hybridized carbons (Fsp3) is 0.115. The molecule has 0 atom stereocenters. The topological polar surface area (TPSA) is 90.4 Å². The smallest absolute Gasteiger partial charge is 0.279 e. The average molecular weight is 553 g/mol. The third-order valence-electron chi connectivity index (χ3n) is 5.41. The summed E-state index contributed by atoms with van der Waals surface area (Å²) in [6.07, 6.45) is 3.51. The van der Waals surface area contributed by atoms with E-state index < -0.39 is 0 Å². The molecule has 3 aromatic carbocycles. The Morgan fingerprint density at radius 1 is 1.06 bits per heavy atom. The summed E-state index contributed by atoms with van der Waals surface area (Å²) < 4.78 is 13.3. The van der Waals surface area contributed by atoms with Crippen LogP contribution in [0.25, 0.3) is 39.0 Å². The van der Waals surface area contributed by atoms with Crippen molar-refractivity contribution >= 4 is 38.3 Å². The summed E-state index contributed by atoms with van der Waals surface area (Å²) >= 11 is 10.1. The Morgan fingerprint density at radius 3 is 2.63 bits per heavy atom. The second-order valence-electron chi connectivity index (χ2n) is 7.74. The fourth-order valence-electron chi connectivity index (χ4n) is 3.79. The molecule has 0 spiro atoms. The van der Waals surface area contributed by atoms with Gasteiger partial charge in [0.05, 0.1) is 34.6 Å². The Bertz CT molecular complexity index is 1570. The molecule has 0 bridgehead atoms. The summed E-state index contributed by atoms with van der Waals surface area (Å²) in [5.74, 6) is 1.14. The van der Waals surface area contributed by atoms with Crippen molar-refractivity contribution in [3.8, 4) is 34.0 Å². The first kappa shape index (κ1) is 23.3. The molecule has 0 aliphatic rings. The molecule has 0 fully saturated rings. The lowest BCUT2D eigenvalue weighted by Crippen LogP contribution is -2.22. The zero-order chi connectivity index (χ0) is 24.4. The van der Waals surface area contributed by atoms with Gasteiger partial charge in [0.15, 0.2) is 12.2 Å². The lowest BCUT2D eigenvalue weighted by atomic mass is 10.0. The molecule has 0 aliphatic heterocycles. The molecule has 0 aliphatic carbocycles. The van der Waals surface area contributed by atoms with E-state index in [0.29, 0.717) is 51.7 Å². The number of nitrogens with zero attached hydrogens (tertiary/aromatic N) is 3. The van der Waals surface area contributed by atoms with Crippen molar-refractivity contribution in [3.63, 3.8) is 0 Å². The quantitative estimate of drug-likeness (QED) is 0.253. The van der Waals surface area contributed by atoms with Crippen LogP contribution in [0.2, 0.25) is 5.02 Å². The number of hydrogen-bond acceptors (Lipinski definition) is 6. The van der Waals surface area contributed by atoms with Gasteiger partial charge in [-0.2, -0.15) is 9.78 Å². The van der Waals surface area contributed by atoms with Gasteiger partial charge < -0.3 is 14.3 Å². The van der Waals surface area contributed by atoms with Gasteiger partial charge in [-0.05, 0) is 36.4 Å². The third-order valence-corrected chi connectivity index (χ3v) is 6.19. The van der Waals surface area contributed by atoms with Crippen molar-refractivity contribution in [3.05, 3.63) is 93.1 Å². The minimum atomic E-state index is -0.302. The van der Waals surface area contributed by atoms with Crippen molar-refractivity contribution in [2.45, 2.75) is 6.42 Å². The van der Waals surface area contributed by atoms with Crippen LogP contribution in [0.4, 0.5) is 0 Å². The molecular weight excluding hydrogens is 534 g/mol. The normalized spacial score (nSPS) is 11.2. The molecule has 5 aromatic rings. The van der Waals surface area contributed by atoms with Crippen molar-refractivity contribution < 1.29 is 14.3 Å². The average Bonchev–Trinajstić information content (AvgIpc) is 3.41. The maximum atomic E-state index is 13.5. The number of hydrogen-bond donors (Lipinski definition) is 1. The molecular formula is C26H19BrClN3O4. The molecule has 0 saturated carbocycles. The van der Waals surface area contributed by atoms with Crippen LogP contribution in [0, 0.1) is 0 Å². The summed E-state index contributed by atoms with van der Waals surface area (Å²) in [7, 11) is 0. The molecule has 0 unspecified atom stereocenters. The number of ether oxygens (including phenoxy) is 1. The molecule has 2 heterocycles. The molecule has 9 heteroatoms. The summed E-state index contributed by atoms with van der Waals surface area (Å²) in [5, 5.41) is 15.4. The van der Waals surface area contributed by atoms with Gasteiger partial charge in [0.2, 0.25) is 0 Å². The largest absolute Gasteiger partial charge is 0.493 e. The lowest BCUT2D eigenvalue weighted by molar-refractivity contribution is 0.233. The number of fused-ring (bicyclic) bond motifs is 1. The van der Waals surface area contributed by atoms with Crippen LogP contribution in [0.3, 0.4) is 0 Å². The number of aromatic nitrogens is 3. The first-order valence-corrected chi connectivity index (χ1v) is 12.0. The van der Waals surface area contributed by atoms with E-state index in [4.69, 9.17) is 31.0 Å². The molecule has 2 aromatic heterocycles. The SMILES string of the molecule is O=c1c2ccccc2c(-c2cc(Br)cc(-c3cnco3)c2)nn1-c1cc(OCCCO)ccc1Cl. The van der Waals surface area contributed by atoms with Gasteiger partial charge in [-0.3, -0.25) is 4.79 Å². The first-order valence-electron chi connectivity index (χ1n) is 10.8. The Labute approximate surface area is 213 Å². The van der Waals surface area contributed by atoms with E-state index in [9.17, 15) is 4.79 Å². The van der Waals surface area contributed by atoms with E-state index in [1.807, 2.05) is 36.4 Å². The predicted octanol–water partition coefficient (Wildman–Crippen LogP) is 5.88. The molecule has 7 nitrogen and oxygen atoms in total. The van der Waals surface area contributed by atoms with Gasteiger partial charge in [0.25, 0.3) is 5.56 Å². The van der Waals surface area contributed by atoms with Gasteiger partial charge in [-0.15, -0.1) is 0 Å². The predicted molar refractivity (Wildman–Crippen MR) is 138 cm³/mol. The maximum absolute atomic E-state index is 13.5. The highest BCUT2D eigenvalue weighted by Crippen LogP contribution is 2.33. The summed E-state index contributed by atoms with van der Waals surface area (Å²) in [6.45, 7) is 0.365. The number of aliphatic hydroxyl groups is 1. The minimum Gasteiger partial charge on any atom is -0.493 e. The van der Waals surface area contributed by atoms with Crippen LogP contribution in [-0.2, 0) is 0 Å². The van der Waals surface area contributed by atoms with E-state index in [1.54, 1.807) is 30.5 Å². The van der Waals surface area contributed by atoms with Gasteiger partial charge in [0, 0.05) is 40.1 Å². The number of oxazole rings is 1. The molecule has 5 rings (SSSR count). The highest BCUT2D eigenvalue weighted by molar-refractivity contribution is 9.10. The van der Waals surface area contributed by atoms with Crippen molar-refractivity contribution in [1.82, 2.24) is 14.8 Å². The summed E-state index contributed by atoms with van der Waals surface area (Å²) in [5.41, 5.74) is 2.29. The maximum Gasteiger partial charge on any atom is 0.279 e. The van der Waals surface area contributed by atoms with Crippen LogP contribution in [0.1, 0.15) is 6.42 Å². The second kappa shape index (κ2) is 10.0. The van der Waals surface area contributed by atoms with E-state index >= 15 is 0 Å². The number of rotatable bonds is 7. The molecule has 176 valence electrons. The number of benzene rings is 3. The standard InChI is InChI=1S/C26H19BrClN3O4/c27-18-11-16(24-14-29-15-35-24)10-17(12-18)25-20-4-1-2-5-21(20)26(33)31(30-25)23-13-19(6-7-22(23)28)34-9-3-8-32/h1-2,4-7,10-15,32H,3,8-9H2. The van der Waals surface area contributed by atoms with Gasteiger partial charge in [-0.25, -0.2) is 4.98 Å². The third kappa shape index (κ3) is 4.73. The van der Waals surface area contributed by atoms with E-state index in [0.717, 1.165) is 15.6 Å². The first-order chi connectivity index (χ1) is 17.0. The molecule has 0 saturated heterocycles. The molecule has 0 radical (unpaired) electrons. The molecule has 0 amide bonds. The van der Waals surface area contributed by atoms with Gasteiger partial charge in [-0.1, -0.05) is 45.7 Å². The Morgan fingerprint density at radius 2 is 1.86 bits per heavy atom.